The molecule has 1 aliphatic rings. The van der Waals surface area contributed by atoms with E-state index in [0.29, 0.717) is 10.2 Å². The lowest BCUT2D eigenvalue weighted by Crippen LogP contribution is -2.23. The molecule has 1 heterocycles. The smallest absolute Gasteiger partial charge is 0.186 e. The lowest BCUT2D eigenvalue weighted by molar-refractivity contribution is -0.135. The Morgan fingerprint density at radius 3 is 2.94 bits per heavy atom. The number of aliphatic hydroxyl groups is 1. The maximum atomic E-state index is 11.4. The number of carbonyl (C=O) groups excluding carboxylic acids is 1. The number of carbonyl (C=O) groups is 1. The van der Waals surface area contributed by atoms with Crippen LogP contribution in [0.2, 0.25) is 0 Å². The Bertz CT molecular complexity index is 268. The van der Waals surface area contributed by atoms with E-state index in [9.17, 15) is 9.90 Å². The summed E-state index contributed by atoms with van der Waals surface area (Å²) in [5.41, 5.74) is 0. The number of aliphatic hydroxyl groups excluding tert-OH is 1. The van der Waals surface area contributed by atoms with Crippen LogP contribution in [0.25, 0.3) is 0 Å². The van der Waals surface area contributed by atoms with Gasteiger partial charge in [-0.1, -0.05) is 6.58 Å². The van der Waals surface area contributed by atoms with Gasteiger partial charge in [-0.3, -0.25) is 4.79 Å². The minimum atomic E-state index is -1.09. The summed E-state index contributed by atoms with van der Waals surface area (Å²) >= 11 is 1.84. The first-order chi connectivity index (χ1) is 7.49. The normalized spacial score (nSPS) is 26.7. The van der Waals surface area contributed by atoms with E-state index >= 15 is 0 Å². The largest absolute Gasteiger partial charge is 0.364 e. The van der Waals surface area contributed by atoms with Gasteiger partial charge in [-0.15, -0.1) is 0 Å². The molecule has 0 aromatic carbocycles. The fourth-order valence-corrected chi connectivity index (χ4v) is 1.45. The monoisotopic (exact) mass is 342 g/mol. The van der Waals surface area contributed by atoms with Gasteiger partial charge in [0, 0.05) is 10.0 Å². The van der Waals surface area contributed by atoms with Gasteiger partial charge in [0.1, 0.15) is 6.61 Å². The number of rotatable bonds is 6. The molecule has 0 aliphatic carbocycles. The van der Waals surface area contributed by atoms with Crippen LogP contribution in [0.3, 0.4) is 0 Å². The molecule has 1 N–H and O–H groups in total. The minimum absolute atomic E-state index is 0.126. The molecule has 3 atom stereocenters. The standard InChI is InChI=1S/C10H15IO5/c1-6(11)10(13)15-4-8(12)3-9-5-14-7(2)16-9/h7,9-10,13H,1,3-5H2,2H3. The maximum Gasteiger partial charge on any atom is 0.186 e. The van der Waals surface area contributed by atoms with E-state index in [1.807, 2.05) is 22.6 Å². The first-order valence-electron chi connectivity index (χ1n) is 4.91. The Morgan fingerprint density at radius 1 is 1.75 bits per heavy atom. The predicted octanol–water partition coefficient (Wildman–Crippen LogP) is 0.991. The van der Waals surface area contributed by atoms with Gasteiger partial charge in [-0.05, 0) is 29.5 Å². The van der Waals surface area contributed by atoms with Gasteiger partial charge in [0.2, 0.25) is 0 Å². The van der Waals surface area contributed by atoms with Crippen LogP contribution in [0, 0.1) is 0 Å². The number of halogens is 1. The third kappa shape index (κ3) is 4.88. The molecule has 3 unspecified atom stereocenters. The molecule has 0 spiro atoms. The second kappa shape index (κ2) is 6.65. The first-order valence-corrected chi connectivity index (χ1v) is 5.99. The molecule has 6 heteroatoms. The van der Waals surface area contributed by atoms with Crippen LogP contribution < -0.4 is 0 Å². The van der Waals surface area contributed by atoms with Crippen molar-refractivity contribution in [1.29, 1.82) is 0 Å². The topological polar surface area (TPSA) is 65.0 Å². The average molecular weight is 342 g/mol. The van der Waals surface area contributed by atoms with Gasteiger partial charge >= 0.3 is 0 Å². The van der Waals surface area contributed by atoms with Gasteiger partial charge < -0.3 is 19.3 Å². The summed E-state index contributed by atoms with van der Waals surface area (Å²) in [4.78, 5) is 11.4. The van der Waals surface area contributed by atoms with Gasteiger partial charge in [-0.25, -0.2) is 0 Å². The highest BCUT2D eigenvalue weighted by atomic mass is 127. The zero-order valence-electron chi connectivity index (χ0n) is 9.02. The van der Waals surface area contributed by atoms with Crippen LogP contribution in [-0.4, -0.2) is 42.8 Å². The van der Waals surface area contributed by atoms with E-state index in [2.05, 4.69) is 6.58 Å². The van der Waals surface area contributed by atoms with E-state index in [4.69, 9.17) is 14.2 Å². The summed E-state index contributed by atoms with van der Waals surface area (Å²) in [5.74, 6) is -0.126. The van der Waals surface area contributed by atoms with Crippen molar-refractivity contribution in [3.63, 3.8) is 0 Å². The zero-order chi connectivity index (χ0) is 12.1. The van der Waals surface area contributed by atoms with Crippen LogP contribution in [0.4, 0.5) is 0 Å². The number of hydrogen-bond donors (Lipinski definition) is 1. The summed E-state index contributed by atoms with van der Waals surface area (Å²) < 4.78 is 15.8. The van der Waals surface area contributed by atoms with E-state index in [1.54, 1.807) is 6.92 Å². The Morgan fingerprint density at radius 2 is 2.44 bits per heavy atom. The highest BCUT2D eigenvalue weighted by Gasteiger charge is 2.25. The van der Waals surface area contributed by atoms with Crippen LogP contribution in [-0.2, 0) is 19.0 Å². The fraction of sp³-hybridized carbons (Fsp3) is 0.700. The molecule has 0 radical (unpaired) electrons. The number of ether oxygens (including phenoxy) is 3. The van der Waals surface area contributed by atoms with Gasteiger partial charge in [0.15, 0.2) is 18.4 Å². The highest BCUT2D eigenvalue weighted by molar-refractivity contribution is 14.1. The Kier molecular flexibility index (Phi) is 5.84. The first kappa shape index (κ1) is 14.0. The SMILES string of the molecule is C=C(I)C(O)OCC(=O)CC1COC(C)O1. The van der Waals surface area contributed by atoms with Crippen LogP contribution in [0.5, 0.6) is 0 Å². The van der Waals surface area contributed by atoms with Gasteiger partial charge in [0.25, 0.3) is 0 Å². The van der Waals surface area contributed by atoms with E-state index < -0.39 is 6.29 Å². The molecule has 16 heavy (non-hydrogen) atoms. The Hall–Kier alpha value is -0.0200. The number of ketones is 1. The lowest BCUT2D eigenvalue weighted by atomic mass is 10.2. The fourth-order valence-electron chi connectivity index (χ4n) is 1.27. The van der Waals surface area contributed by atoms with E-state index in [-0.39, 0.29) is 31.2 Å². The lowest BCUT2D eigenvalue weighted by Gasteiger charge is -2.11. The van der Waals surface area contributed by atoms with Crippen molar-refractivity contribution in [1.82, 2.24) is 0 Å². The maximum absolute atomic E-state index is 11.4. The Balaban J connectivity index is 2.18. The van der Waals surface area contributed by atoms with Crippen molar-refractivity contribution in [2.75, 3.05) is 13.2 Å². The second-order valence-electron chi connectivity index (χ2n) is 3.51. The number of Topliss-reactive ketones (excluding diaryl/α,β-unsaturated/α-hetero) is 1. The van der Waals surface area contributed by atoms with E-state index in [0.717, 1.165) is 0 Å². The molecule has 0 amide bonds. The van der Waals surface area contributed by atoms with Crippen molar-refractivity contribution in [3.05, 3.63) is 10.2 Å². The molecule has 1 rings (SSSR count). The second-order valence-corrected chi connectivity index (χ2v) is 4.90. The molecule has 1 aliphatic heterocycles. The van der Waals surface area contributed by atoms with Gasteiger partial charge in [0.05, 0.1) is 12.7 Å². The van der Waals surface area contributed by atoms with Crippen molar-refractivity contribution in [2.24, 2.45) is 0 Å². The summed E-state index contributed by atoms with van der Waals surface area (Å²) in [6, 6.07) is 0. The van der Waals surface area contributed by atoms with Crippen molar-refractivity contribution in [3.8, 4) is 0 Å². The van der Waals surface area contributed by atoms with Crippen molar-refractivity contribution < 1.29 is 24.1 Å². The molecule has 5 nitrogen and oxygen atoms in total. The van der Waals surface area contributed by atoms with Crippen molar-refractivity contribution >= 4 is 28.4 Å². The molecule has 92 valence electrons. The summed E-state index contributed by atoms with van der Waals surface area (Å²) in [6.45, 7) is 5.57. The average Bonchev–Trinajstić information content (AvgIpc) is 2.60. The van der Waals surface area contributed by atoms with Gasteiger partial charge in [-0.2, -0.15) is 0 Å². The molecular formula is C10H15IO5. The third-order valence-electron chi connectivity index (χ3n) is 2.03. The van der Waals surface area contributed by atoms with Crippen LogP contribution in [0.1, 0.15) is 13.3 Å². The molecular weight excluding hydrogens is 327 g/mol. The Labute approximate surface area is 108 Å². The molecule has 0 aromatic heterocycles. The summed E-state index contributed by atoms with van der Waals surface area (Å²) in [5, 5.41) is 9.24. The highest BCUT2D eigenvalue weighted by Crippen LogP contribution is 2.14. The zero-order valence-corrected chi connectivity index (χ0v) is 11.2. The predicted molar refractivity (Wildman–Crippen MR) is 65.0 cm³/mol. The summed E-state index contributed by atoms with van der Waals surface area (Å²) in [6.07, 6.45) is -1.31. The molecule has 1 saturated heterocycles. The van der Waals surface area contributed by atoms with Crippen LogP contribution in [0.15, 0.2) is 10.2 Å². The molecule has 0 saturated carbocycles. The quantitative estimate of drug-likeness (QED) is 0.576. The molecule has 0 bridgehead atoms. The third-order valence-corrected chi connectivity index (χ3v) is 2.56. The number of hydrogen-bond acceptors (Lipinski definition) is 5. The van der Waals surface area contributed by atoms with Crippen molar-refractivity contribution in [2.45, 2.75) is 32.0 Å². The minimum Gasteiger partial charge on any atom is -0.364 e. The van der Waals surface area contributed by atoms with Crippen LogP contribution >= 0.6 is 22.6 Å². The molecule has 1 fully saturated rings. The summed E-state index contributed by atoms with van der Waals surface area (Å²) in [7, 11) is 0. The van der Waals surface area contributed by atoms with E-state index in [1.165, 1.54) is 0 Å². The molecule has 0 aromatic rings.